The highest BCUT2D eigenvalue weighted by atomic mass is 19.4. The highest BCUT2D eigenvalue weighted by molar-refractivity contribution is 5.35. The smallest absolute Gasteiger partial charge is 0.384 e. The zero-order valence-electron chi connectivity index (χ0n) is 11.7. The van der Waals surface area contributed by atoms with E-state index >= 15 is 0 Å². The van der Waals surface area contributed by atoms with Gasteiger partial charge in [0.15, 0.2) is 0 Å². The monoisotopic (exact) mass is 340 g/mol. The average molecular weight is 340 g/mol. The van der Waals surface area contributed by atoms with E-state index in [0.29, 0.717) is 12.2 Å². The molecule has 0 radical (unpaired) electrons. The molecule has 0 bridgehead atoms. The van der Waals surface area contributed by atoms with Crippen LogP contribution in [0.15, 0.2) is 48.6 Å². The van der Waals surface area contributed by atoms with Crippen molar-refractivity contribution in [2.75, 3.05) is 0 Å². The van der Waals surface area contributed by atoms with Crippen LogP contribution in [0, 0.1) is 5.41 Å². The zero-order valence-corrected chi connectivity index (χ0v) is 11.7. The summed E-state index contributed by atoms with van der Waals surface area (Å²) in [6, 6.07) is 0. The van der Waals surface area contributed by atoms with E-state index in [9.17, 15) is 36.6 Å². The third kappa shape index (κ3) is 2.35. The fourth-order valence-electron chi connectivity index (χ4n) is 3.29. The van der Waals surface area contributed by atoms with Gasteiger partial charge in [-0.3, -0.25) is 0 Å². The molecule has 23 heavy (non-hydrogen) atoms. The molecular weight excluding hydrogens is 326 g/mol. The summed E-state index contributed by atoms with van der Waals surface area (Å²) in [6.45, 7) is 0. The number of hydrogen-bond acceptors (Lipinski definition) is 2. The maximum atomic E-state index is 13.8. The number of hydrogen-bond donors (Lipinski definition) is 2. The molecule has 0 aliphatic heterocycles. The predicted molar refractivity (Wildman–Crippen MR) is 70.2 cm³/mol. The van der Waals surface area contributed by atoms with Gasteiger partial charge >= 0.3 is 12.4 Å². The van der Waals surface area contributed by atoms with Crippen LogP contribution in [0.1, 0.15) is 12.8 Å². The molecule has 2 nitrogen and oxygen atoms in total. The standard InChI is InChI=1S/C15H14F6O2/c16-14(17,18)13(15(19,20)21,11(22)7-3-1-4-8-11)12(23)9-5-2-6-10-12/h1-7,9,22-23H,8,10H2. The second-order valence-corrected chi connectivity index (χ2v) is 5.58. The number of aliphatic hydroxyl groups is 2. The Balaban J connectivity index is 2.83. The lowest BCUT2D eigenvalue weighted by Gasteiger charge is -2.54. The van der Waals surface area contributed by atoms with Gasteiger partial charge in [-0.25, -0.2) is 0 Å². The first-order valence-electron chi connectivity index (χ1n) is 6.68. The van der Waals surface area contributed by atoms with Crippen LogP contribution >= 0.6 is 0 Å². The summed E-state index contributed by atoms with van der Waals surface area (Å²) in [7, 11) is 0. The Morgan fingerprint density at radius 1 is 0.652 bits per heavy atom. The molecule has 0 spiro atoms. The second-order valence-electron chi connectivity index (χ2n) is 5.58. The van der Waals surface area contributed by atoms with Gasteiger partial charge in [-0.2, -0.15) is 26.3 Å². The fraction of sp³-hybridized carbons (Fsp3) is 0.467. The van der Waals surface area contributed by atoms with Crippen molar-refractivity contribution in [3.05, 3.63) is 48.6 Å². The Kier molecular flexibility index (Phi) is 4.06. The number of halogens is 6. The lowest BCUT2D eigenvalue weighted by Crippen LogP contribution is -2.74. The normalized spacial score (nSPS) is 31.7. The largest absolute Gasteiger partial charge is 0.409 e. The first-order valence-corrected chi connectivity index (χ1v) is 6.68. The topological polar surface area (TPSA) is 40.5 Å². The maximum Gasteiger partial charge on any atom is 0.409 e. The van der Waals surface area contributed by atoms with Gasteiger partial charge in [0.25, 0.3) is 0 Å². The zero-order chi connectivity index (χ0) is 17.6. The van der Waals surface area contributed by atoms with E-state index in [1.165, 1.54) is 12.2 Å². The van der Waals surface area contributed by atoms with Crippen LogP contribution in [0.5, 0.6) is 0 Å². The summed E-state index contributed by atoms with van der Waals surface area (Å²) < 4.78 is 82.6. The summed E-state index contributed by atoms with van der Waals surface area (Å²) in [5.74, 6) is 0. The third-order valence-corrected chi connectivity index (χ3v) is 4.25. The number of allylic oxidation sites excluding steroid dienone is 4. The van der Waals surface area contributed by atoms with Crippen molar-refractivity contribution in [3.63, 3.8) is 0 Å². The second kappa shape index (κ2) is 5.24. The first-order chi connectivity index (χ1) is 10.4. The fourth-order valence-corrected chi connectivity index (χ4v) is 3.29. The summed E-state index contributed by atoms with van der Waals surface area (Å²) in [5.41, 5.74) is -11.5. The van der Waals surface area contributed by atoms with E-state index in [4.69, 9.17) is 0 Å². The quantitative estimate of drug-likeness (QED) is 0.754. The van der Waals surface area contributed by atoms with Crippen LogP contribution in [0.25, 0.3) is 0 Å². The minimum atomic E-state index is -5.96. The van der Waals surface area contributed by atoms with Gasteiger partial charge in [0, 0.05) is 0 Å². The molecule has 2 atom stereocenters. The van der Waals surface area contributed by atoms with E-state index in [1.54, 1.807) is 0 Å². The van der Waals surface area contributed by atoms with E-state index in [1.807, 2.05) is 0 Å². The minimum absolute atomic E-state index is 0.443. The van der Waals surface area contributed by atoms with Gasteiger partial charge < -0.3 is 10.2 Å². The van der Waals surface area contributed by atoms with Gasteiger partial charge in [0.1, 0.15) is 11.2 Å². The molecule has 2 aliphatic rings. The van der Waals surface area contributed by atoms with Crippen molar-refractivity contribution < 1.29 is 36.6 Å². The summed E-state index contributed by atoms with van der Waals surface area (Å²) >= 11 is 0. The van der Waals surface area contributed by atoms with Crippen LogP contribution in [-0.2, 0) is 0 Å². The number of rotatable bonds is 2. The predicted octanol–water partition coefficient (Wildman–Crippen LogP) is 3.59. The number of alkyl halides is 6. The molecule has 2 rings (SSSR count). The highest BCUT2D eigenvalue weighted by Gasteiger charge is 2.85. The molecule has 128 valence electrons. The van der Waals surface area contributed by atoms with Crippen molar-refractivity contribution in [1.82, 2.24) is 0 Å². The molecule has 0 aromatic carbocycles. The van der Waals surface area contributed by atoms with Crippen molar-refractivity contribution in [2.45, 2.75) is 36.4 Å². The van der Waals surface area contributed by atoms with Gasteiger partial charge in [-0.1, -0.05) is 48.6 Å². The maximum absolute atomic E-state index is 13.8. The molecule has 2 N–H and O–H groups in total. The Hall–Kier alpha value is -1.54. The van der Waals surface area contributed by atoms with Crippen LogP contribution in [-0.4, -0.2) is 33.8 Å². The first kappa shape index (κ1) is 17.8. The molecule has 8 heteroatoms. The van der Waals surface area contributed by atoms with Crippen LogP contribution in [0.3, 0.4) is 0 Å². The molecule has 0 saturated carbocycles. The molecule has 0 amide bonds. The average Bonchev–Trinajstić information content (AvgIpc) is 2.36. The molecule has 2 unspecified atom stereocenters. The molecule has 0 aromatic rings. The molecule has 0 heterocycles. The lowest BCUT2D eigenvalue weighted by atomic mass is 9.56. The van der Waals surface area contributed by atoms with Crippen LogP contribution in [0.4, 0.5) is 26.3 Å². The molecular formula is C15H14F6O2. The Labute approximate surface area is 128 Å². The van der Waals surface area contributed by atoms with Crippen LogP contribution < -0.4 is 0 Å². The van der Waals surface area contributed by atoms with E-state index in [2.05, 4.69) is 0 Å². The minimum Gasteiger partial charge on any atom is -0.384 e. The van der Waals surface area contributed by atoms with E-state index in [0.717, 1.165) is 24.3 Å². The van der Waals surface area contributed by atoms with Crippen molar-refractivity contribution in [1.29, 1.82) is 0 Å². The molecule has 0 aromatic heterocycles. The van der Waals surface area contributed by atoms with Crippen LogP contribution in [0.2, 0.25) is 0 Å². The van der Waals surface area contributed by atoms with Gasteiger partial charge in [0.2, 0.25) is 5.41 Å². The van der Waals surface area contributed by atoms with Crippen molar-refractivity contribution >= 4 is 0 Å². The lowest BCUT2D eigenvalue weighted by molar-refractivity contribution is -0.418. The molecule has 2 aliphatic carbocycles. The van der Waals surface area contributed by atoms with Gasteiger partial charge in [-0.05, 0) is 12.8 Å². The Bertz CT molecular complexity index is 532. The van der Waals surface area contributed by atoms with Gasteiger partial charge in [0.05, 0.1) is 0 Å². The molecule has 0 fully saturated rings. The van der Waals surface area contributed by atoms with Crippen molar-refractivity contribution in [2.24, 2.45) is 5.41 Å². The summed E-state index contributed by atoms with van der Waals surface area (Å²) in [6.07, 6.45) is -6.63. The SMILES string of the molecule is OC1(C(C(F)(F)F)(C(F)(F)F)C2(O)C=CC=CC2)C=CC=CC1. The van der Waals surface area contributed by atoms with Gasteiger partial charge in [-0.15, -0.1) is 0 Å². The van der Waals surface area contributed by atoms with E-state index < -0.39 is 41.8 Å². The summed E-state index contributed by atoms with van der Waals surface area (Å²) in [4.78, 5) is 0. The third-order valence-electron chi connectivity index (χ3n) is 4.25. The highest BCUT2D eigenvalue weighted by Crippen LogP contribution is 2.65. The summed E-state index contributed by atoms with van der Waals surface area (Å²) in [5, 5.41) is 20.7. The Morgan fingerprint density at radius 3 is 1.22 bits per heavy atom. The van der Waals surface area contributed by atoms with Crippen molar-refractivity contribution in [3.8, 4) is 0 Å². The Morgan fingerprint density at radius 2 is 1.00 bits per heavy atom. The molecule has 0 saturated heterocycles. The van der Waals surface area contributed by atoms with E-state index in [-0.39, 0.29) is 0 Å².